The lowest BCUT2D eigenvalue weighted by atomic mass is 10.2. The largest absolute Gasteiger partial charge is 0.274 e. The number of allylic oxidation sites excluding steroid dienone is 2. The smallest absolute Gasteiger partial charge is 0.272 e. The second kappa shape index (κ2) is 5.95. The van der Waals surface area contributed by atoms with Crippen LogP contribution < -0.4 is 0 Å². The van der Waals surface area contributed by atoms with Crippen LogP contribution in [0.2, 0.25) is 0 Å². The van der Waals surface area contributed by atoms with Crippen LogP contribution in [0.1, 0.15) is 12.5 Å². The van der Waals surface area contributed by atoms with Gasteiger partial charge in [0.05, 0.1) is 4.91 Å². The second-order valence-electron chi connectivity index (χ2n) is 3.83. The number of carbonyl (C=O) groups is 2. The molecule has 1 aliphatic rings. The van der Waals surface area contributed by atoms with E-state index in [1.807, 2.05) is 36.4 Å². The molecule has 0 bridgehead atoms. The van der Waals surface area contributed by atoms with Crippen molar-refractivity contribution in [2.24, 2.45) is 0 Å². The van der Waals surface area contributed by atoms with Crippen molar-refractivity contribution >= 4 is 46.2 Å². The number of nitrogens with zero attached hydrogens (tertiary/aromatic N) is 1. The molecule has 0 N–H and O–H groups in total. The summed E-state index contributed by atoms with van der Waals surface area (Å²) in [7, 11) is 0. The average molecular weight is 289 g/mol. The zero-order valence-electron chi connectivity index (χ0n) is 10.2. The molecule has 1 fully saturated rings. The summed E-state index contributed by atoms with van der Waals surface area (Å²) >= 11 is 6.14. The second-order valence-corrected chi connectivity index (χ2v) is 5.50. The third-order valence-corrected chi connectivity index (χ3v) is 3.76. The molecule has 3 nitrogen and oxygen atoms in total. The first kappa shape index (κ1) is 13.7. The van der Waals surface area contributed by atoms with Crippen molar-refractivity contribution < 1.29 is 9.59 Å². The molecule has 0 unspecified atom stereocenters. The monoisotopic (exact) mass is 289 g/mol. The molecule has 0 radical (unpaired) electrons. The topological polar surface area (TPSA) is 37.4 Å². The van der Waals surface area contributed by atoms with Gasteiger partial charge in [-0.15, -0.1) is 0 Å². The maximum Gasteiger partial charge on any atom is 0.272 e. The number of benzene rings is 1. The van der Waals surface area contributed by atoms with Gasteiger partial charge in [-0.1, -0.05) is 66.5 Å². The van der Waals surface area contributed by atoms with Gasteiger partial charge in [-0.25, -0.2) is 4.90 Å². The normalized spacial score (nSPS) is 17.7. The fraction of sp³-hybridized carbons (Fsp3) is 0.0714. The fourth-order valence-corrected chi connectivity index (χ4v) is 2.86. The van der Waals surface area contributed by atoms with Gasteiger partial charge in [-0.2, -0.15) is 0 Å². The van der Waals surface area contributed by atoms with Gasteiger partial charge < -0.3 is 0 Å². The zero-order valence-corrected chi connectivity index (χ0v) is 11.8. The summed E-state index contributed by atoms with van der Waals surface area (Å²) in [6.45, 7) is 1.33. The molecule has 2 rings (SSSR count). The van der Waals surface area contributed by atoms with E-state index >= 15 is 0 Å². The van der Waals surface area contributed by atoms with Gasteiger partial charge in [0, 0.05) is 6.92 Å². The summed E-state index contributed by atoms with van der Waals surface area (Å²) in [4.78, 5) is 24.6. The first-order chi connectivity index (χ1) is 9.09. The SMILES string of the molecule is CC(=O)N1C(=O)/C(=C\C=C\c2ccccc2)SC1=S. The highest BCUT2D eigenvalue weighted by molar-refractivity contribution is 8.26. The molecule has 1 heterocycles. The summed E-state index contributed by atoms with van der Waals surface area (Å²) in [5.74, 6) is -0.696. The zero-order chi connectivity index (χ0) is 13.8. The van der Waals surface area contributed by atoms with Gasteiger partial charge in [0.25, 0.3) is 5.91 Å². The molecule has 1 aromatic rings. The van der Waals surface area contributed by atoms with E-state index < -0.39 is 0 Å². The van der Waals surface area contributed by atoms with Crippen molar-refractivity contribution in [1.29, 1.82) is 0 Å². The Bertz CT molecular complexity index is 591. The minimum absolute atomic E-state index is 0.289. The van der Waals surface area contributed by atoms with Crippen LogP contribution in [0, 0.1) is 0 Å². The number of thioether (sulfide) groups is 1. The summed E-state index contributed by atoms with van der Waals surface area (Å²) in [6.07, 6.45) is 5.34. The Morgan fingerprint density at radius 1 is 1.32 bits per heavy atom. The highest BCUT2D eigenvalue weighted by Crippen LogP contribution is 2.30. The Hall–Kier alpha value is -1.72. The molecule has 0 spiro atoms. The van der Waals surface area contributed by atoms with Crippen molar-refractivity contribution in [1.82, 2.24) is 4.90 Å². The molecule has 2 amide bonds. The van der Waals surface area contributed by atoms with Crippen molar-refractivity contribution in [3.63, 3.8) is 0 Å². The van der Waals surface area contributed by atoms with Gasteiger partial charge in [-0.05, 0) is 11.6 Å². The molecule has 5 heteroatoms. The number of hydrogen-bond acceptors (Lipinski definition) is 4. The Morgan fingerprint density at radius 3 is 2.58 bits per heavy atom. The van der Waals surface area contributed by atoms with Crippen LogP contribution in [-0.2, 0) is 9.59 Å². The number of hydrogen-bond donors (Lipinski definition) is 0. The van der Waals surface area contributed by atoms with E-state index in [4.69, 9.17) is 12.2 Å². The predicted molar refractivity (Wildman–Crippen MR) is 81.3 cm³/mol. The lowest BCUT2D eigenvalue weighted by Gasteiger charge is -2.07. The maximum atomic E-state index is 11.9. The number of amides is 2. The number of imide groups is 1. The van der Waals surface area contributed by atoms with Crippen LogP contribution in [0.15, 0.2) is 47.4 Å². The Labute approximate surface area is 121 Å². The summed E-state index contributed by atoms with van der Waals surface area (Å²) < 4.78 is 0.289. The lowest BCUT2D eigenvalue weighted by molar-refractivity contribution is -0.135. The van der Waals surface area contributed by atoms with E-state index in [9.17, 15) is 9.59 Å². The van der Waals surface area contributed by atoms with Crippen LogP contribution in [0.25, 0.3) is 6.08 Å². The lowest BCUT2D eigenvalue weighted by Crippen LogP contribution is -2.32. The van der Waals surface area contributed by atoms with Crippen molar-refractivity contribution in [2.45, 2.75) is 6.92 Å². The van der Waals surface area contributed by atoms with Crippen LogP contribution in [0.3, 0.4) is 0 Å². The first-order valence-electron chi connectivity index (χ1n) is 5.60. The Balaban J connectivity index is 2.13. The molecule has 19 heavy (non-hydrogen) atoms. The highest BCUT2D eigenvalue weighted by Gasteiger charge is 2.34. The van der Waals surface area contributed by atoms with E-state index in [2.05, 4.69) is 0 Å². The van der Waals surface area contributed by atoms with Crippen LogP contribution in [0.5, 0.6) is 0 Å². The molecule has 1 aromatic carbocycles. The Morgan fingerprint density at radius 2 is 2.00 bits per heavy atom. The quantitative estimate of drug-likeness (QED) is 0.619. The van der Waals surface area contributed by atoms with Gasteiger partial charge in [-0.3, -0.25) is 9.59 Å². The van der Waals surface area contributed by atoms with Crippen LogP contribution >= 0.6 is 24.0 Å². The minimum atomic E-state index is -0.349. The van der Waals surface area contributed by atoms with Gasteiger partial charge >= 0.3 is 0 Å². The average Bonchev–Trinajstić information content (AvgIpc) is 2.66. The fourth-order valence-electron chi connectivity index (χ4n) is 1.56. The number of carbonyl (C=O) groups excluding carboxylic acids is 2. The molecule has 0 saturated carbocycles. The molecule has 1 saturated heterocycles. The molecule has 96 valence electrons. The third-order valence-electron chi connectivity index (χ3n) is 2.44. The van der Waals surface area contributed by atoms with Gasteiger partial charge in [0.2, 0.25) is 5.91 Å². The van der Waals surface area contributed by atoms with Crippen molar-refractivity contribution in [2.75, 3.05) is 0 Å². The van der Waals surface area contributed by atoms with Gasteiger partial charge in [0.15, 0.2) is 4.32 Å². The third kappa shape index (κ3) is 3.19. The molecular formula is C14H11NO2S2. The minimum Gasteiger partial charge on any atom is -0.274 e. The molecular weight excluding hydrogens is 278 g/mol. The molecule has 1 aliphatic heterocycles. The molecule has 0 aromatic heterocycles. The molecule has 0 atom stereocenters. The van der Waals surface area contributed by atoms with Crippen LogP contribution in [0.4, 0.5) is 0 Å². The summed E-state index contributed by atoms with van der Waals surface area (Å²) in [5.41, 5.74) is 1.04. The number of rotatable bonds is 2. The van der Waals surface area contributed by atoms with Crippen molar-refractivity contribution in [3.05, 3.63) is 53.0 Å². The summed E-state index contributed by atoms with van der Waals surface area (Å²) in [6, 6.07) is 9.75. The van der Waals surface area contributed by atoms with E-state index in [1.54, 1.807) is 12.2 Å². The highest BCUT2D eigenvalue weighted by atomic mass is 32.2. The standard InChI is InChI=1S/C14H11NO2S2/c1-10(16)15-13(17)12(19-14(15)18)9-5-8-11-6-3-2-4-7-11/h2-9H,1H3/b8-5+,12-9+. The summed E-state index contributed by atoms with van der Waals surface area (Å²) in [5, 5.41) is 0. The first-order valence-corrected chi connectivity index (χ1v) is 6.82. The van der Waals surface area contributed by atoms with Crippen molar-refractivity contribution in [3.8, 4) is 0 Å². The van der Waals surface area contributed by atoms with E-state index in [0.717, 1.165) is 22.2 Å². The number of thiocarbonyl (C=S) groups is 1. The van der Waals surface area contributed by atoms with E-state index in [-0.39, 0.29) is 16.1 Å². The molecule has 0 aliphatic carbocycles. The van der Waals surface area contributed by atoms with E-state index in [1.165, 1.54) is 6.92 Å². The van der Waals surface area contributed by atoms with Crippen LogP contribution in [-0.4, -0.2) is 21.0 Å². The van der Waals surface area contributed by atoms with Gasteiger partial charge in [0.1, 0.15) is 0 Å². The van der Waals surface area contributed by atoms with E-state index in [0.29, 0.717) is 4.91 Å². The maximum absolute atomic E-state index is 11.9. The predicted octanol–water partition coefficient (Wildman–Crippen LogP) is 2.99. The Kier molecular flexibility index (Phi) is 4.29.